The second kappa shape index (κ2) is 13.3. The van der Waals surface area contributed by atoms with Crippen LogP contribution in [0.1, 0.15) is 91.4 Å². The largest absolute Gasteiger partial charge is 0.397 e. The smallest absolute Gasteiger partial charge is 0.264 e. The van der Waals surface area contributed by atoms with Crippen LogP contribution in [0.4, 0.5) is 0 Å². The minimum Gasteiger partial charge on any atom is -0.264 e. The van der Waals surface area contributed by atoms with Gasteiger partial charge in [-0.2, -0.15) is 8.42 Å². The highest BCUT2D eigenvalue weighted by atomic mass is 32.3. The van der Waals surface area contributed by atoms with Crippen LogP contribution in [0.15, 0.2) is 0 Å². The topological polar surface area (TPSA) is 63.6 Å². The van der Waals surface area contributed by atoms with Crippen LogP contribution in [0.5, 0.6) is 0 Å². The maximum absolute atomic E-state index is 10.5. The molecule has 0 aliphatic rings. The summed E-state index contributed by atoms with van der Waals surface area (Å²) in [7, 11) is -4.29. The van der Waals surface area contributed by atoms with Crippen LogP contribution in [-0.2, 0) is 14.6 Å². The highest BCUT2D eigenvalue weighted by molar-refractivity contribution is 7.80. The van der Waals surface area contributed by atoms with E-state index in [1.54, 1.807) is 0 Å². The fourth-order valence-electron chi connectivity index (χ4n) is 2.88. The number of hydrogen-bond donors (Lipinski definition) is 1. The van der Waals surface area contributed by atoms with Crippen molar-refractivity contribution in [2.45, 2.75) is 91.4 Å². The first-order valence-corrected chi connectivity index (χ1v) is 10.3. The van der Waals surface area contributed by atoms with E-state index >= 15 is 0 Å². The van der Waals surface area contributed by atoms with Crippen molar-refractivity contribution in [3.63, 3.8) is 0 Å². The van der Waals surface area contributed by atoms with Crippen LogP contribution in [0, 0.1) is 11.8 Å². The van der Waals surface area contributed by atoms with Crippen molar-refractivity contribution in [1.29, 1.82) is 0 Å². The predicted octanol–water partition coefficient (Wildman–Crippen LogP) is 5.39. The second-order valence-electron chi connectivity index (χ2n) is 6.78. The van der Waals surface area contributed by atoms with Crippen molar-refractivity contribution in [2.75, 3.05) is 6.61 Å². The Morgan fingerprint density at radius 3 is 1.86 bits per heavy atom. The third-order valence-electron chi connectivity index (χ3n) is 4.11. The minimum atomic E-state index is -4.29. The van der Waals surface area contributed by atoms with E-state index in [-0.39, 0.29) is 12.5 Å². The fraction of sp³-hybridized carbons (Fsp3) is 1.00. The molecule has 2 atom stereocenters. The Balaban J connectivity index is 3.43. The van der Waals surface area contributed by atoms with Gasteiger partial charge in [-0.15, -0.1) is 0 Å². The van der Waals surface area contributed by atoms with Crippen LogP contribution in [0.25, 0.3) is 0 Å². The van der Waals surface area contributed by atoms with Crippen LogP contribution >= 0.6 is 0 Å². The molecule has 0 aliphatic carbocycles. The average molecular weight is 337 g/mol. The Morgan fingerprint density at radius 2 is 1.36 bits per heavy atom. The highest BCUT2D eigenvalue weighted by Crippen LogP contribution is 2.19. The van der Waals surface area contributed by atoms with Gasteiger partial charge in [0, 0.05) is 0 Å². The summed E-state index contributed by atoms with van der Waals surface area (Å²) in [6.07, 6.45) is 14.2. The molecule has 0 fully saturated rings. The van der Waals surface area contributed by atoms with E-state index in [4.69, 9.17) is 4.55 Å². The molecular weight excluding hydrogens is 300 g/mol. The SMILES string of the molecule is CCCCCCCCCCCC(C)CC(C)COS(=O)(=O)O. The lowest BCUT2D eigenvalue weighted by molar-refractivity contribution is 0.210. The van der Waals surface area contributed by atoms with Gasteiger partial charge in [0.25, 0.3) is 0 Å². The molecule has 5 heteroatoms. The van der Waals surface area contributed by atoms with Crippen molar-refractivity contribution in [1.82, 2.24) is 0 Å². The first-order valence-electron chi connectivity index (χ1n) is 8.97. The maximum Gasteiger partial charge on any atom is 0.397 e. The van der Waals surface area contributed by atoms with Gasteiger partial charge >= 0.3 is 10.4 Å². The Hall–Kier alpha value is -0.130. The standard InChI is InChI=1S/C17H36O4S/c1-4-5-6-7-8-9-10-11-12-13-16(2)14-17(3)15-21-22(18,19)20/h16-17H,4-15H2,1-3H3,(H,18,19,20). The van der Waals surface area contributed by atoms with E-state index in [0.29, 0.717) is 5.92 Å². The molecule has 0 bridgehead atoms. The number of unbranched alkanes of at least 4 members (excludes halogenated alkanes) is 8. The summed E-state index contributed by atoms with van der Waals surface area (Å²) in [5, 5.41) is 0. The van der Waals surface area contributed by atoms with Crippen molar-refractivity contribution < 1.29 is 17.2 Å². The van der Waals surface area contributed by atoms with Crippen LogP contribution in [-0.4, -0.2) is 19.6 Å². The Labute approximate surface area is 138 Å². The van der Waals surface area contributed by atoms with E-state index < -0.39 is 10.4 Å². The molecule has 134 valence electrons. The van der Waals surface area contributed by atoms with E-state index in [1.807, 2.05) is 6.92 Å². The molecule has 2 unspecified atom stereocenters. The lowest BCUT2D eigenvalue weighted by Gasteiger charge is -2.16. The van der Waals surface area contributed by atoms with Gasteiger partial charge in [-0.3, -0.25) is 4.55 Å². The summed E-state index contributed by atoms with van der Waals surface area (Å²) in [6.45, 7) is 6.48. The maximum atomic E-state index is 10.5. The molecule has 0 radical (unpaired) electrons. The fourth-order valence-corrected chi connectivity index (χ4v) is 3.28. The van der Waals surface area contributed by atoms with Crippen molar-refractivity contribution in [2.24, 2.45) is 11.8 Å². The van der Waals surface area contributed by atoms with Gasteiger partial charge in [-0.05, 0) is 18.3 Å². The van der Waals surface area contributed by atoms with Gasteiger partial charge in [0.1, 0.15) is 0 Å². The molecule has 22 heavy (non-hydrogen) atoms. The normalized spacial score (nSPS) is 14.9. The van der Waals surface area contributed by atoms with Gasteiger partial charge in [-0.1, -0.05) is 85.0 Å². The van der Waals surface area contributed by atoms with Gasteiger partial charge < -0.3 is 0 Å². The molecular formula is C17H36O4S. The first kappa shape index (κ1) is 21.9. The van der Waals surface area contributed by atoms with E-state index in [1.165, 1.54) is 64.2 Å². The monoisotopic (exact) mass is 336 g/mol. The number of hydrogen-bond acceptors (Lipinski definition) is 3. The van der Waals surface area contributed by atoms with Crippen molar-refractivity contribution in [3.05, 3.63) is 0 Å². The van der Waals surface area contributed by atoms with Crippen LogP contribution < -0.4 is 0 Å². The quantitative estimate of drug-likeness (QED) is 0.322. The molecule has 0 saturated carbocycles. The Bertz CT molecular complexity index is 341. The second-order valence-corrected chi connectivity index (χ2v) is 7.87. The lowest BCUT2D eigenvalue weighted by atomic mass is 9.93. The summed E-state index contributed by atoms with van der Waals surface area (Å²) in [4.78, 5) is 0. The van der Waals surface area contributed by atoms with E-state index in [0.717, 1.165) is 6.42 Å². The van der Waals surface area contributed by atoms with Gasteiger partial charge in [-0.25, -0.2) is 4.18 Å². The minimum absolute atomic E-state index is 0.0704. The zero-order chi connectivity index (χ0) is 16.8. The molecule has 0 aromatic carbocycles. The lowest BCUT2D eigenvalue weighted by Crippen LogP contribution is -2.14. The third-order valence-corrected chi connectivity index (χ3v) is 4.54. The number of rotatable bonds is 15. The highest BCUT2D eigenvalue weighted by Gasteiger charge is 2.12. The molecule has 0 spiro atoms. The zero-order valence-corrected chi connectivity index (χ0v) is 15.5. The molecule has 0 aromatic heterocycles. The molecule has 0 heterocycles. The third kappa shape index (κ3) is 16.2. The summed E-state index contributed by atoms with van der Waals surface area (Å²) in [5.74, 6) is 0.722. The molecule has 0 aliphatic heterocycles. The van der Waals surface area contributed by atoms with E-state index in [9.17, 15) is 8.42 Å². The van der Waals surface area contributed by atoms with Crippen molar-refractivity contribution in [3.8, 4) is 0 Å². The molecule has 0 saturated heterocycles. The van der Waals surface area contributed by atoms with Crippen LogP contribution in [0.3, 0.4) is 0 Å². The molecule has 0 aromatic rings. The molecule has 0 rings (SSSR count). The van der Waals surface area contributed by atoms with E-state index in [2.05, 4.69) is 18.0 Å². The van der Waals surface area contributed by atoms with Gasteiger partial charge in [0.15, 0.2) is 0 Å². The van der Waals surface area contributed by atoms with Crippen molar-refractivity contribution >= 4 is 10.4 Å². The van der Waals surface area contributed by atoms with Crippen LogP contribution in [0.2, 0.25) is 0 Å². The summed E-state index contributed by atoms with van der Waals surface area (Å²) >= 11 is 0. The van der Waals surface area contributed by atoms with Gasteiger partial charge in [0.2, 0.25) is 0 Å². The average Bonchev–Trinajstić information content (AvgIpc) is 2.42. The Morgan fingerprint density at radius 1 is 0.864 bits per heavy atom. The van der Waals surface area contributed by atoms with Gasteiger partial charge in [0.05, 0.1) is 6.61 Å². The molecule has 4 nitrogen and oxygen atoms in total. The summed E-state index contributed by atoms with van der Waals surface area (Å²) < 4.78 is 34.0. The molecule has 0 amide bonds. The summed E-state index contributed by atoms with van der Waals surface area (Å²) in [5.41, 5.74) is 0. The predicted molar refractivity (Wildman–Crippen MR) is 92.3 cm³/mol. The Kier molecular flexibility index (Phi) is 13.2. The molecule has 1 N–H and O–H groups in total. The first-order chi connectivity index (χ1) is 10.3. The zero-order valence-electron chi connectivity index (χ0n) is 14.7. The summed E-state index contributed by atoms with van der Waals surface area (Å²) in [6, 6.07) is 0.